The predicted molar refractivity (Wildman–Crippen MR) is 81.7 cm³/mol. The van der Waals surface area contributed by atoms with Gasteiger partial charge in [-0.2, -0.15) is 0 Å². The van der Waals surface area contributed by atoms with Crippen LogP contribution in [0.1, 0.15) is 73.5 Å². The Morgan fingerprint density at radius 2 is 1.95 bits per heavy atom. The molecule has 1 aromatic rings. The van der Waals surface area contributed by atoms with Gasteiger partial charge in [-0.05, 0) is 44.9 Å². The summed E-state index contributed by atoms with van der Waals surface area (Å²) in [6, 6.07) is 1.32. The van der Waals surface area contributed by atoms with Crippen LogP contribution in [-0.2, 0) is 6.42 Å². The van der Waals surface area contributed by atoms with Gasteiger partial charge in [0.1, 0.15) is 5.01 Å². The van der Waals surface area contributed by atoms with Crippen LogP contribution in [0.25, 0.3) is 0 Å². The van der Waals surface area contributed by atoms with Crippen molar-refractivity contribution in [1.82, 2.24) is 10.3 Å². The first kappa shape index (κ1) is 13.6. The minimum atomic E-state index is 0.539. The van der Waals surface area contributed by atoms with Crippen molar-refractivity contribution in [2.75, 3.05) is 0 Å². The third-order valence-corrected chi connectivity index (χ3v) is 5.72. The fraction of sp³-hybridized carbons (Fsp3) is 0.812. The highest BCUT2D eigenvalue weighted by Crippen LogP contribution is 2.38. The highest BCUT2D eigenvalue weighted by atomic mass is 32.1. The molecule has 0 bridgehead atoms. The minimum absolute atomic E-state index is 0.539. The second-order valence-electron chi connectivity index (χ2n) is 6.23. The van der Waals surface area contributed by atoms with Crippen LogP contribution in [0.5, 0.6) is 0 Å². The summed E-state index contributed by atoms with van der Waals surface area (Å²) in [5, 5.41) is 5.26. The van der Waals surface area contributed by atoms with Gasteiger partial charge in [0.15, 0.2) is 0 Å². The zero-order valence-corrected chi connectivity index (χ0v) is 13.1. The van der Waals surface area contributed by atoms with E-state index >= 15 is 0 Å². The summed E-state index contributed by atoms with van der Waals surface area (Å²) in [5.41, 5.74) is 1.32. The summed E-state index contributed by atoms with van der Waals surface area (Å²) < 4.78 is 0. The summed E-state index contributed by atoms with van der Waals surface area (Å²) in [4.78, 5) is 6.37. The molecule has 1 aromatic heterocycles. The molecule has 19 heavy (non-hydrogen) atoms. The van der Waals surface area contributed by atoms with Gasteiger partial charge in [0, 0.05) is 10.9 Å². The fourth-order valence-electron chi connectivity index (χ4n) is 3.29. The monoisotopic (exact) mass is 278 g/mol. The number of aryl methyl sites for hydroxylation is 2. The van der Waals surface area contributed by atoms with Crippen molar-refractivity contribution in [2.24, 2.45) is 5.92 Å². The molecule has 0 spiro atoms. The molecule has 0 radical (unpaired) electrons. The first-order valence-corrected chi connectivity index (χ1v) is 8.81. The summed E-state index contributed by atoms with van der Waals surface area (Å²) in [6.45, 7) is 4.45. The largest absolute Gasteiger partial charge is 0.305 e. The summed E-state index contributed by atoms with van der Waals surface area (Å²) in [5.74, 6) is 0.824. The number of hydrogen-bond acceptors (Lipinski definition) is 3. The second kappa shape index (κ2) is 5.92. The van der Waals surface area contributed by atoms with Crippen molar-refractivity contribution in [3.8, 4) is 0 Å². The average molecular weight is 278 g/mol. The molecule has 2 saturated carbocycles. The lowest BCUT2D eigenvalue weighted by Gasteiger charge is -2.29. The Kier molecular flexibility index (Phi) is 4.23. The lowest BCUT2D eigenvalue weighted by atomic mass is 9.84. The van der Waals surface area contributed by atoms with Gasteiger partial charge in [0.05, 0.1) is 11.7 Å². The van der Waals surface area contributed by atoms with Crippen LogP contribution in [0, 0.1) is 12.8 Å². The van der Waals surface area contributed by atoms with E-state index in [1.54, 1.807) is 0 Å². The molecule has 2 fully saturated rings. The van der Waals surface area contributed by atoms with Crippen LogP contribution in [0.15, 0.2) is 0 Å². The van der Waals surface area contributed by atoms with Crippen LogP contribution in [0.2, 0.25) is 0 Å². The standard InChI is InChI=1S/C16H26N2S/c1-3-14-11(2)19-16(18-14)15(17-13-9-10-13)12-7-5-4-6-8-12/h12-13,15,17H,3-10H2,1-2H3. The van der Waals surface area contributed by atoms with Crippen LogP contribution < -0.4 is 5.32 Å². The molecular formula is C16H26N2S. The van der Waals surface area contributed by atoms with Crippen molar-refractivity contribution in [2.45, 2.75) is 77.3 Å². The SMILES string of the molecule is CCc1nc(C(NC2CC2)C2CCCCC2)sc1C. The van der Waals surface area contributed by atoms with E-state index < -0.39 is 0 Å². The van der Waals surface area contributed by atoms with E-state index in [1.165, 1.54) is 60.5 Å². The van der Waals surface area contributed by atoms with E-state index in [1.807, 2.05) is 11.3 Å². The average Bonchev–Trinajstić information content (AvgIpc) is 3.19. The van der Waals surface area contributed by atoms with Crippen molar-refractivity contribution < 1.29 is 0 Å². The van der Waals surface area contributed by atoms with E-state index in [4.69, 9.17) is 4.98 Å². The molecule has 2 nitrogen and oxygen atoms in total. The van der Waals surface area contributed by atoms with E-state index in [0.29, 0.717) is 6.04 Å². The van der Waals surface area contributed by atoms with Crippen molar-refractivity contribution in [3.05, 3.63) is 15.6 Å². The van der Waals surface area contributed by atoms with Gasteiger partial charge in [-0.25, -0.2) is 4.98 Å². The smallest absolute Gasteiger partial charge is 0.110 e. The second-order valence-corrected chi connectivity index (χ2v) is 7.46. The Bertz CT molecular complexity index is 416. The molecule has 1 atom stereocenters. The molecule has 1 unspecified atom stereocenters. The van der Waals surface area contributed by atoms with Gasteiger partial charge < -0.3 is 5.32 Å². The lowest BCUT2D eigenvalue weighted by molar-refractivity contribution is 0.269. The maximum Gasteiger partial charge on any atom is 0.110 e. The molecular weight excluding hydrogens is 252 g/mol. The predicted octanol–water partition coefficient (Wildman–Crippen LogP) is 4.39. The Balaban J connectivity index is 1.79. The van der Waals surface area contributed by atoms with Gasteiger partial charge in [0.25, 0.3) is 0 Å². The van der Waals surface area contributed by atoms with Crippen molar-refractivity contribution in [1.29, 1.82) is 0 Å². The van der Waals surface area contributed by atoms with Crippen LogP contribution in [0.3, 0.4) is 0 Å². The van der Waals surface area contributed by atoms with Crippen molar-refractivity contribution >= 4 is 11.3 Å². The van der Waals surface area contributed by atoms with Crippen LogP contribution >= 0.6 is 11.3 Å². The topological polar surface area (TPSA) is 24.9 Å². The van der Waals surface area contributed by atoms with E-state index in [0.717, 1.165) is 18.4 Å². The van der Waals surface area contributed by atoms with Gasteiger partial charge in [-0.3, -0.25) is 0 Å². The van der Waals surface area contributed by atoms with E-state index in [-0.39, 0.29) is 0 Å². The van der Waals surface area contributed by atoms with E-state index in [9.17, 15) is 0 Å². The molecule has 0 aromatic carbocycles. The molecule has 2 aliphatic carbocycles. The van der Waals surface area contributed by atoms with E-state index in [2.05, 4.69) is 19.2 Å². The number of thiazole rings is 1. The number of aromatic nitrogens is 1. The normalized spacial score (nSPS) is 22.6. The summed E-state index contributed by atoms with van der Waals surface area (Å²) >= 11 is 1.94. The van der Waals surface area contributed by atoms with Gasteiger partial charge >= 0.3 is 0 Å². The highest BCUT2D eigenvalue weighted by molar-refractivity contribution is 7.11. The quantitative estimate of drug-likeness (QED) is 0.864. The molecule has 106 valence electrons. The maximum atomic E-state index is 4.94. The fourth-order valence-corrected chi connectivity index (χ4v) is 4.46. The third kappa shape index (κ3) is 3.19. The maximum absolute atomic E-state index is 4.94. The third-order valence-electron chi connectivity index (χ3n) is 4.62. The first-order chi connectivity index (χ1) is 9.28. The van der Waals surface area contributed by atoms with Crippen molar-refractivity contribution in [3.63, 3.8) is 0 Å². The Morgan fingerprint density at radius 3 is 2.53 bits per heavy atom. The number of hydrogen-bond donors (Lipinski definition) is 1. The molecule has 3 rings (SSSR count). The highest BCUT2D eigenvalue weighted by Gasteiger charge is 2.33. The van der Waals surface area contributed by atoms with Gasteiger partial charge in [0.2, 0.25) is 0 Å². The first-order valence-electron chi connectivity index (χ1n) is 8.00. The Morgan fingerprint density at radius 1 is 1.21 bits per heavy atom. The molecule has 1 N–H and O–H groups in total. The summed E-state index contributed by atoms with van der Waals surface area (Å²) in [7, 11) is 0. The zero-order valence-electron chi connectivity index (χ0n) is 12.2. The molecule has 0 saturated heterocycles. The summed E-state index contributed by atoms with van der Waals surface area (Å²) in [6.07, 6.45) is 10.9. The number of nitrogens with one attached hydrogen (secondary N) is 1. The molecule has 2 aliphatic rings. The molecule has 0 aliphatic heterocycles. The number of nitrogens with zero attached hydrogens (tertiary/aromatic N) is 1. The molecule has 1 heterocycles. The molecule has 3 heteroatoms. The minimum Gasteiger partial charge on any atom is -0.305 e. The Hall–Kier alpha value is -0.410. The lowest BCUT2D eigenvalue weighted by Crippen LogP contribution is -2.31. The zero-order chi connectivity index (χ0) is 13.2. The van der Waals surface area contributed by atoms with Crippen LogP contribution in [-0.4, -0.2) is 11.0 Å². The Labute approximate surface area is 121 Å². The van der Waals surface area contributed by atoms with Gasteiger partial charge in [-0.15, -0.1) is 11.3 Å². The molecule has 0 amide bonds. The van der Waals surface area contributed by atoms with Gasteiger partial charge in [-0.1, -0.05) is 26.2 Å². The number of rotatable bonds is 5. The van der Waals surface area contributed by atoms with Crippen LogP contribution in [0.4, 0.5) is 0 Å².